The molecule has 120 valence electrons. The molecule has 1 aliphatic heterocycles. The van der Waals surface area contributed by atoms with Crippen LogP contribution in [-0.2, 0) is 11.2 Å². The zero-order valence-electron chi connectivity index (χ0n) is 13.6. The predicted molar refractivity (Wildman–Crippen MR) is 92.7 cm³/mol. The monoisotopic (exact) mass is 310 g/mol. The number of nitrogens with two attached hydrogens (primary N) is 1. The standard InChI is InChI=1S/C19H22N2O2/c1-19(2)18(22)21(12-6-9-14-7-4-3-5-8-14)16-13-15(20)10-11-17(16)23-19/h3-5,7-8,10-11,13H,6,9,12,20H2,1-2H3. The van der Waals surface area contributed by atoms with Crippen molar-refractivity contribution in [1.82, 2.24) is 0 Å². The maximum Gasteiger partial charge on any atom is 0.270 e. The van der Waals surface area contributed by atoms with Crippen molar-refractivity contribution >= 4 is 17.3 Å². The van der Waals surface area contributed by atoms with Gasteiger partial charge in [-0.2, -0.15) is 0 Å². The van der Waals surface area contributed by atoms with Crippen LogP contribution >= 0.6 is 0 Å². The van der Waals surface area contributed by atoms with Gasteiger partial charge in [0.25, 0.3) is 5.91 Å². The normalized spacial score (nSPS) is 15.9. The summed E-state index contributed by atoms with van der Waals surface area (Å²) in [6.07, 6.45) is 1.82. The molecule has 0 saturated heterocycles. The third-order valence-corrected chi connectivity index (χ3v) is 4.09. The maximum absolute atomic E-state index is 12.7. The van der Waals surface area contributed by atoms with E-state index in [1.807, 2.05) is 30.3 Å². The Morgan fingerprint density at radius 2 is 1.87 bits per heavy atom. The molecule has 4 heteroatoms. The predicted octanol–water partition coefficient (Wildman–Crippen LogP) is 3.41. The molecule has 0 unspecified atom stereocenters. The van der Waals surface area contributed by atoms with Gasteiger partial charge in [-0.05, 0) is 50.5 Å². The molecule has 2 aromatic carbocycles. The van der Waals surface area contributed by atoms with Crippen molar-refractivity contribution in [3.63, 3.8) is 0 Å². The summed E-state index contributed by atoms with van der Waals surface area (Å²) in [6.45, 7) is 4.26. The van der Waals surface area contributed by atoms with Gasteiger partial charge in [0.2, 0.25) is 0 Å². The van der Waals surface area contributed by atoms with E-state index in [0.29, 0.717) is 18.0 Å². The average molecular weight is 310 g/mol. The molecule has 2 aromatic rings. The Kier molecular flexibility index (Phi) is 3.99. The number of nitrogen functional groups attached to an aromatic ring is 1. The first-order valence-corrected chi connectivity index (χ1v) is 7.92. The van der Waals surface area contributed by atoms with Crippen LogP contribution in [0.2, 0.25) is 0 Å². The maximum atomic E-state index is 12.7. The number of anilines is 2. The van der Waals surface area contributed by atoms with Crippen LogP contribution in [0.5, 0.6) is 5.75 Å². The van der Waals surface area contributed by atoms with Gasteiger partial charge in [-0.3, -0.25) is 4.79 Å². The van der Waals surface area contributed by atoms with Crippen LogP contribution in [0.1, 0.15) is 25.8 Å². The molecular weight excluding hydrogens is 288 g/mol. The van der Waals surface area contributed by atoms with Crippen LogP contribution in [-0.4, -0.2) is 18.1 Å². The van der Waals surface area contributed by atoms with Crippen molar-refractivity contribution in [2.75, 3.05) is 17.2 Å². The summed E-state index contributed by atoms with van der Waals surface area (Å²) in [5.74, 6) is 0.687. The number of hydrogen-bond acceptors (Lipinski definition) is 3. The summed E-state index contributed by atoms with van der Waals surface area (Å²) in [6, 6.07) is 15.7. The molecular formula is C19H22N2O2. The van der Waals surface area contributed by atoms with Crippen molar-refractivity contribution in [1.29, 1.82) is 0 Å². The van der Waals surface area contributed by atoms with Gasteiger partial charge in [0.15, 0.2) is 5.60 Å². The molecule has 0 saturated carbocycles. The van der Waals surface area contributed by atoms with Crippen molar-refractivity contribution in [2.24, 2.45) is 0 Å². The van der Waals surface area contributed by atoms with Gasteiger partial charge in [0.05, 0.1) is 5.69 Å². The summed E-state index contributed by atoms with van der Waals surface area (Å²) >= 11 is 0. The second kappa shape index (κ2) is 5.95. The van der Waals surface area contributed by atoms with Gasteiger partial charge in [-0.25, -0.2) is 0 Å². The summed E-state index contributed by atoms with van der Waals surface area (Å²) in [5.41, 5.74) is 7.71. The van der Waals surface area contributed by atoms with Crippen LogP contribution in [0.15, 0.2) is 48.5 Å². The molecule has 0 spiro atoms. The zero-order chi connectivity index (χ0) is 16.4. The van der Waals surface area contributed by atoms with Crippen molar-refractivity contribution in [2.45, 2.75) is 32.3 Å². The molecule has 2 N–H and O–H groups in total. The highest BCUT2D eigenvalue weighted by atomic mass is 16.5. The number of amides is 1. The third-order valence-electron chi connectivity index (χ3n) is 4.09. The fourth-order valence-corrected chi connectivity index (χ4v) is 2.89. The molecule has 1 heterocycles. The number of fused-ring (bicyclic) bond motifs is 1. The first-order valence-electron chi connectivity index (χ1n) is 7.92. The molecule has 0 radical (unpaired) electrons. The third kappa shape index (κ3) is 3.16. The molecule has 0 aromatic heterocycles. The van der Waals surface area contributed by atoms with Crippen LogP contribution in [0, 0.1) is 0 Å². The van der Waals surface area contributed by atoms with E-state index in [0.717, 1.165) is 18.5 Å². The second-order valence-corrected chi connectivity index (χ2v) is 6.39. The van der Waals surface area contributed by atoms with Gasteiger partial charge < -0.3 is 15.4 Å². The number of nitrogens with zero attached hydrogens (tertiary/aromatic N) is 1. The van der Waals surface area contributed by atoms with E-state index in [1.54, 1.807) is 24.8 Å². The first-order chi connectivity index (χ1) is 11.0. The van der Waals surface area contributed by atoms with Crippen LogP contribution in [0.25, 0.3) is 0 Å². The number of carbonyl (C=O) groups excluding carboxylic acids is 1. The zero-order valence-corrected chi connectivity index (χ0v) is 13.6. The number of aryl methyl sites for hydroxylation is 1. The van der Waals surface area contributed by atoms with Gasteiger partial charge in [0, 0.05) is 12.2 Å². The highest BCUT2D eigenvalue weighted by molar-refractivity contribution is 6.02. The van der Waals surface area contributed by atoms with Crippen LogP contribution < -0.4 is 15.4 Å². The highest BCUT2D eigenvalue weighted by Gasteiger charge is 2.40. The van der Waals surface area contributed by atoms with Gasteiger partial charge in [-0.15, -0.1) is 0 Å². The minimum atomic E-state index is -0.851. The minimum Gasteiger partial charge on any atom is -0.476 e. The van der Waals surface area contributed by atoms with Crippen LogP contribution in [0.3, 0.4) is 0 Å². The highest BCUT2D eigenvalue weighted by Crippen LogP contribution is 2.39. The van der Waals surface area contributed by atoms with Crippen LogP contribution in [0.4, 0.5) is 11.4 Å². The lowest BCUT2D eigenvalue weighted by Gasteiger charge is -2.39. The van der Waals surface area contributed by atoms with Crippen molar-refractivity contribution in [3.05, 3.63) is 54.1 Å². The summed E-state index contributed by atoms with van der Waals surface area (Å²) in [5, 5.41) is 0. The molecule has 23 heavy (non-hydrogen) atoms. The Morgan fingerprint density at radius 1 is 1.13 bits per heavy atom. The number of hydrogen-bond donors (Lipinski definition) is 1. The Bertz CT molecular complexity index is 711. The van der Waals surface area contributed by atoms with E-state index in [4.69, 9.17) is 10.5 Å². The molecule has 0 fully saturated rings. The fraction of sp³-hybridized carbons (Fsp3) is 0.316. The van der Waals surface area contributed by atoms with E-state index in [1.165, 1.54) is 5.56 Å². The molecule has 0 bridgehead atoms. The second-order valence-electron chi connectivity index (χ2n) is 6.39. The summed E-state index contributed by atoms with van der Waals surface area (Å²) < 4.78 is 5.83. The lowest BCUT2D eigenvalue weighted by atomic mass is 10.0. The summed E-state index contributed by atoms with van der Waals surface area (Å²) in [4.78, 5) is 14.5. The average Bonchev–Trinajstić information content (AvgIpc) is 2.53. The lowest BCUT2D eigenvalue weighted by molar-refractivity contribution is -0.132. The lowest BCUT2D eigenvalue weighted by Crippen LogP contribution is -2.52. The number of carbonyl (C=O) groups is 1. The Balaban J connectivity index is 1.79. The van der Waals surface area contributed by atoms with Gasteiger partial charge >= 0.3 is 0 Å². The number of benzene rings is 2. The summed E-state index contributed by atoms with van der Waals surface area (Å²) in [7, 11) is 0. The van der Waals surface area contributed by atoms with E-state index in [9.17, 15) is 4.79 Å². The molecule has 0 atom stereocenters. The Hall–Kier alpha value is -2.49. The van der Waals surface area contributed by atoms with E-state index < -0.39 is 5.60 Å². The number of rotatable bonds is 4. The van der Waals surface area contributed by atoms with E-state index in [-0.39, 0.29) is 5.91 Å². The fourth-order valence-electron chi connectivity index (χ4n) is 2.89. The van der Waals surface area contributed by atoms with Crippen molar-refractivity contribution in [3.8, 4) is 5.75 Å². The van der Waals surface area contributed by atoms with E-state index in [2.05, 4.69) is 12.1 Å². The quantitative estimate of drug-likeness (QED) is 0.881. The van der Waals surface area contributed by atoms with Gasteiger partial charge in [0.1, 0.15) is 5.75 Å². The van der Waals surface area contributed by atoms with E-state index >= 15 is 0 Å². The largest absolute Gasteiger partial charge is 0.476 e. The Morgan fingerprint density at radius 3 is 2.61 bits per heavy atom. The smallest absolute Gasteiger partial charge is 0.270 e. The molecule has 3 rings (SSSR count). The Labute approximate surface area is 136 Å². The van der Waals surface area contributed by atoms with Crippen molar-refractivity contribution < 1.29 is 9.53 Å². The first kappa shape index (κ1) is 15.4. The molecule has 1 amide bonds. The SMILES string of the molecule is CC1(C)Oc2ccc(N)cc2N(CCCc2ccccc2)C1=O. The molecule has 0 aliphatic carbocycles. The molecule has 4 nitrogen and oxygen atoms in total. The number of ether oxygens (including phenoxy) is 1. The minimum absolute atomic E-state index is 0.0244. The molecule has 1 aliphatic rings. The van der Waals surface area contributed by atoms with Gasteiger partial charge in [-0.1, -0.05) is 30.3 Å². The topological polar surface area (TPSA) is 55.6 Å².